The molecule has 0 amide bonds. The second kappa shape index (κ2) is 1.98. The van der Waals surface area contributed by atoms with Gasteiger partial charge in [-0.25, -0.2) is 0 Å². The lowest BCUT2D eigenvalue weighted by atomic mass is 10.2. The molecule has 0 fully saturated rings. The Kier molecular flexibility index (Phi) is 0.991. The van der Waals surface area contributed by atoms with Gasteiger partial charge in [0.2, 0.25) is 0 Å². The van der Waals surface area contributed by atoms with Crippen molar-refractivity contribution in [2.75, 3.05) is 0 Å². The maximum Gasteiger partial charge on any atom is -0.00324 e. The molecule has 0 aliphatic carbocycles. The molecule has 0 unspecified atom stereocenters. The summed E-state index contributed by atoms with van der Waals surface area (Å²) in [6, 6.07) is 18.0. The second-order valence-electron chi connectivity index (χ2n) is 3.04. The van der Waals surface area contributed by atoms with Crippen molar-refractivity contribution in [3.05, 3.63) is 48.5 Å². The third-order valence-corrected chi connectivity index (χ3v) is 2.32. The van der Waals surface area contributed by atoms with E-state index < -0.39 is 0 Å². The first-order chi connectivity index (χ1) is 5.95. The Labute approximate surface area is 70.8 Å². The Morgan fingerprint density at radius 2 is 1.67 bits per heavy atom. The molecule has 0 heterocycles. The number of hydrogen-bond donors (Lipinski definition) is 0. The van der Waals surface area contributed by atoms with Crippen LogP contribution in [0.15, 0.2) is 42.5 Å². The third kappa shape index (κ3) is 0.620. The normalized spacial score (nSPS) is 11.3. The highest BCUT2D eigenvalue weighted by Crippen LogP contribution is 2.27. The first-order valence-corrected chi connectivity index (χ1v) is 4.07. The molecule has 0 bridgehead atoms. The molecule has 1 radical (unpaired) electrons. The molecule has 12 heavy (non-hydrogen) atoms. The van der Waals surface area contributed by atoms with Crippen LogP contribution in [0.25, 0.3) is 21.5 Å². The fraction of sp³-hybridized carbons (Fsp3) is 0. The van der Waals surface area contributed by atoms with Gasteiger partial charge in [0.05, 0.1) is 0 Å². The lowest BCUT2D eigenvalue weighted by Crippen LogP contribution is -1.51. The fourth-order valence-electron chi connectivity index (χ4n) is 1.75. The van der Waals surface area contributed by atoms with Crippen LogP contribution in [0.5, 0.6) is 0 Å². The molecular formula is C12H7. The van der Waals surface area contributed by atoms with Crippen molar-refractivity contribution in [3.63, 3.8) is 0 Å². The van der Waals surface area contributed by atoms with Gasteiger partial charge in [0, 0.05) is 0 Å². The summed E-state index contributed by atoms with van der Waals surface area (Å²) in [5.74, 6) is 0. The zero-order valence-corrected chi connectivity index (χ0v) is 6.54. The summed E-state index contributed by atoms with van der Waals surface area (Å²) in [5, 5.41) is 5.18. The largest absolute Gasteiger partial charge is 0.0616 e. The van der Waals surface area contributed by atoms with Gasteiger partial charge in [-0.05, 0) is 33.7 Å². The van der Waals surface area contributed by atoms with Crippen molar-refractivity contribution in [2.45, 2.75) is 0 Å². The van der Waals surface area contributed by atoms with Gasteiger partial charge in [-0.2, -0.15) is 0 Å². The van der Waals surface area contributed by atoms with Crippen LogP contribution in [-0.2, 0) is 0 Å². The average molecular weight is 151 g/mol. The van der Waals surface area contributed by atoms with Crippen molar-refractivity contribution in [3.8, 4) is 0 Å². The molecule has 0 spiro atoms. The molecule has 3 aromatic carbocycles. The third-order valence-electron chi connectivity index (χ3n) is 2.32. The van der Waals surface area contributed by atoms with E-state index in [1.165, 1.54) is 21.5 Å². The summed E-state index contributed by atoms with van der Waals surface area (Å²) in [5.41, 5.74) is 0. The van der Waals surface area contributed by atoms with E-state index in [0.29, 0.717) is 0 Å². The lowest BCUT2D eigenvalue weighted by molar-refractivity contribution is 1.90. The second-order valence-corrected chi connectivity index (χ2v) is 3.04. The van der Waals surface area contributed by atoms with Gasteiger partial charge in [-0.1, -0.05) is 36.4 Å². The quantitative estimate of drug-likeness (QED) is 0.462. The molecule has 0 heteroatoms. The van der Waals surface area contributed by atoms with Gasteiger partial charge in [-0.3, -0.25) is 0 Å². The smallest absolute Gasteiger partial charge is 0.00324 e. The highest BCUT2D eigenvalue weighted by Gasteiger charge is 2.01. The summed E-state index contributed by atoms with van der Waals surface area (Å²) in [4.78, 5) is 0. The summed E-state index contributed by atoms with van der Waals surface area (Å²) >= 11 is 0. The minimum Gasteiger partial charge on any atom is -0.0616 e. The van der Waals surface area contributed by atoms with E-state index in [0.717, 1.165) is 0 Å². The Morgan fingerprint density at radius 3 is 2.67 bits per heavy atom. The fourth-order valence-corrected chi connectivity index (χ4v) is 1.75. The van der Waals surface area contributed by atoms with Gasteiger partial charge in [-0.15, -0.1) is 0 Å². The van der Waals surface area contributed by atoms with Crippen molar-refractivity contribution >= 4 is 21.5 Å². The van der Waals surface area contributed by atoms with E-state index in [1.54, 1.807) is 0 Å². The SMILES string of the molecule is [c]1cc2ccc3ccccc1c23. The molecule has 3 rings (SSSR count). The summed E-state index contributed by atoms with van der Waals surface area (Å²) < 4.78 is 0. The molecular weight excluding hydrogens is 144 g/mol. The van der Waals surface area contributed by atoms with Crippen LogP contribution in [0, 0.1) is 6.07 Å². The monoisotopic (exact) mass is 151 g/mol. The highest BCUT2D eigenvalue weighted by atomic mass is 14.0. The van der Waals surface area contributed by atoms with E-state index >= 15 is 0 Å². The van der Waals surface area contributed by atoms with Gasteiger partial charge < -0.3 is 0 Å². The van der Waals surface area contributed by atoms with Crippen molar-refractivity contribution < 1.29 is 0 Å². The Balaban J connectivity index is 2.78. The molecule has 0 aliphatic rings. The molecule has 0 aliphatic heterocycles. The predicted octanol–water partition coefficient (Wildman–Crippen LogP) is 3.23. The summed E-state index contributed by atoms with van der Waals surface area (Å²) in [7, 11) is 0. The van der Waals surface area contributed by atoms with Crippen molar-refractivity contribution in [1.29, 1.82) is 0 Å². The molecule has 0 saturated heterocycles. The van der Waals surface area contributed by atoms with E-state index in [-0.39, 0.29) is 0 Å². The van der Waals surface area contributed by atoms with Crippen LogP contribution < -0.4 is 0 Å². The molecule has 55 valence electrons. The van der Waals surface area contributed by atoms with Gasteiger partial charge in [0.1, 0.15) is 0 Å². The maximum absolute atomic E-state index is 3.25. The molecule has 0 atom stereocenters. The molecule has 0 nitrogen and oxygen atoms in total. The van der Waals surface area contributed by atoms with Crippen LogP contribution in [0.3, 0.4) is 0 Å². The van der Waals surface area contributed by atoms with Crippen LogP contribution in [-0.4, -0.2) is 0 Å². The Bertz CT molecular complexity index is 478. The van der Waals surface area contributed by atoms with Crippen LogP contribution >= 0.6 is 0 Å². The summed E-state index contributed by atoms with van der Waals surface area (Å²) in [6.45, 7) is 0. The lowest BCUT2D eigenvalue weighted by Gasteiger charge is -1.79. The molecule has 3 aromatic rings. The van der Waals surface area contributed by atoms with Gasteiger partial charge in [0.25, 0.3) is 0 Å². The van der Waals surface area contributed by atoms with Gasteiger partial charge in [0.15, 0.2) is 0 Å². The number of hydrogen-bond acceptors (Lipinski definition) is 0. The highest BCUT2D eigenvalue weighted by molar-refractivity contribution is 6.12. The predicted molar refractivity (Wildman–Crippen MR) is 51.5 cm³/mol. The van der Waals surface area contributed by atoms with Crippen LogP contribution in [0.1, 0.15) is 0 Å². The summed E-state index contributed by atoms with van der Waals surface area (Å²) in [6.07, 6.45) is 0. The van der Waals surface area contributed by atoms with E-state index in [2.05, 4.69) is 48.5 Å². The zero-order chi connectivity index (χ0) is 7.97. The minimum atomic E-state index is 1.22. The minimum absolute atomic E-state index is 1.22. The van der Waals surface area contributed by atoms with Crippen LogP contribution in [0.2, 0.25) is 0 Å². The molecule has 0 N–H and O–H groups in total. The van der Waals surface area contributed by atoms with E-state index in [4.69, 9.17) is 0 Å². The molecule has 0 saturated carbocycles. The van der Waals surface area contributed by atoms with E-state index in [9.17, 15) is 0 Å². The topological polar surface area (TPSA) is 0 Å². The standard InChI is InChI=1S/C12H7/c1-2-4-10-6-8-11-7-5-9(3-1)12(10)11/h1-5,7-8H. The number of rotatable bonds is 0. The van der Waals surface area contributed by atoms with E-state index in [1.807, 2.05) is 0 Å². The Morgan fingerprint density at radius 1 is 0.833 bits per heavy atom. The Hall–Kier alpha value is -1.56. The maximum atomic E-state index is 3.25. The average Bonchev–Trinajstić information content (AvgIpc) is 2.57. The zero-order valence-electron chi connectivity index (χ0n) is 6.54. The van der Waals surface area contributed by atoms with Crippen molar-refractivity contribution in [1.82, 2.24) is 0 Å². The molecule has 0 aromatic heterocycles. The first-order valence-electron chi connectivity index (χ1n) is 4.07. The van der Waals surface area contributed by atoms with Gasteiger partial charge >= 0.3 is 0 Å². The van der Waals surface area contributed by atoms with Crippen LogP contribution in [0.4, 0.5) is 0 Å². The van der Waals surface area contributed by atoms with Crippen molar-refractivity contribution in [2.24, 2.45) is 0 Å². The first kappa shape index (κ1) is 6.01.